The first-order valence-electron chi connectivity index (χ1n) is 5.89. The van der Waals surface area contributed by atoms with Crippen molar-refractivity contribution in [2.75, 3.05) is 17.7 Å². The number of hydrogen-bond donors (Lipinski definition) is 1. The molecule has 0 heterocycles. The first-order valence-corrected chi connectivity index (χ1v) is 5.89. The monoisotopic (exact) mass is 294 g/mol. The molecule has 0 radical (unpaired) electrons. The second kappa shape index (κ2) is 6.39. The summed E-state index contributed by atoms with van der Waals surface area (Å²) < 4.78 is 13.2. The number of nitrogens with two attached hydrogens (primary N) is 1. The van der Waals surface area contributed by atoms with Crippen molar-refractivity contribution >= 4 is 29.7 Å². The molecular weight excluding hydrogens is 279 g/mol. The van der Waals surface area contributed by atoms with Crippen molar-refractivity contribution in [2.45, 2.75) is 6.92 Å². The summed E-state index contributed by atoms with van der Waals surface area (Å²) in [4.78, 5) is 13.7. The second-order valence-electron chi connectivity index (χ2n) is 4.42. The maximum absolute atomic E-state index is 13.2. The third-order valence-corrected chi connectivity index (χ3v) is 3.03. The van der Waals surface area contributed by atoms with Crippen LogP contribution in [0.3, 0.4) is 0 Å². The van der Waals surface area contributed by atoms with Gasteiger partial charge in [-0.2, -0.15) is 0 Å². The fourth-order valence-corrected chi connectivity index (χ4v) is 1.77. The van der Waals surface area contributed by atoms with Gasteiger partial charge < -0.3 is 10.6 Å². The van der Waals surface area contributed by atoms with E-state index in [1.165, 1.54) is 17.0 Å². The predicted molar refractivity (Wildman–Crippen MR) is 82.0 cm³/mol. The van der Waals surface area contributed by atoms with Gasteiger partial charge in [0.15, 0.2) is 0 Å². The molecule has 0 aliphatic carbocycles. The largest absolute Gasteiger partial charge is 0.398 e. The number of carbonyl (C=O) groups excluding carboxylic acids is 1. The Morgan fingerprint density at radius 2 is 1.90 bits per heavy atom. The Hall–Kier alpha value is -2.07. The van der Waals surface area contributed by atoms with E-state index in [4.69, 9.17) is 5.73 Å². The van der Waals surface area contributed by atoms with E-state index in [0.29, 0.717) is 16.9 Å². The van der Waals surface area contributed by atoms with Gasteiger partial charge in [0.1, 0.15) is 5.82 Å². The molecular formula is C15H16ClFN2O. The normalized spacial score (nSPS) is 9.75. The van der Waals surface area contributed by atoms with Crippen molar-refractivity contribution in [3.8, 4) is 0 Å². The molecule has 0 bridgehead atoms. The molecule has 2 aromatic carbocycles. The SMILES string of the molecule is Cc1ccc(C(=O)N(C)c2cccc(F)c2)cc1N.Cl. The molecule has 0 spiro atoms. The van der Waals surface area contributed by atoms with E-state index in [9.17, 15) is 9.18 Å². The van der Waals surface area contributed by atoms with Gasteiger partial charge in [0.2, 0.25) is 0 Å². The highest BCUT2D eigenvalue weighted by Crippen LogP contribution is 2.19. The van der Waals surface area contributed by atoms with Crippen LogP contribution in [0.4, 0.5) is 15.8 Å². The Labute approximate surface area is 123 Å². The Kier molecular flexibility index (Phi) is 5.11. The van der Waals surface area contributed by atoms with Gasteiger partial charge >= 0.3 is 0 Å². The molecule has 2 N–H and O–H groups in total. The van der Waals surface area contributed by atoms with Gasteiger partial charge in [-0.3, -0.25) is 4.79 Å². The first kappa shape index (κ1) is 16.0. The third kappa shape index (κ3) is 3.27. The molecule has 0 aliphatic rings. The summed E-state index contributed by atoms with van der Waals surface area (Å²) in [6, 6.07) is 11.0. The van der Waals surface area contributed by atoms with Crippen molar-refractivity contribution in [1.82, 2.24) is 0 Å². The third-order valence-electron chi connectivity index (χ3n) is 3.03. The first-order chi connectivity index (χ1) is 8.99. The van der Waals surface area contributed by atoms with Gasteiger partial charge in [0.25, 0.3) is 5.91 Å². The van der Waals surface area contributed by atoms with Gasteiger partial charge in [-0.1, -0.05) is 12.1 Å². The van der Waals surface area contributed by atoms with Gasteiger partial charge in [0, 0.05) is 24.0 Å². The number of amides is 1. The molecule has 5 heteroatoms. The van der Waals surface area contributed by atoms with E-state index in [-0.39, 0.29) is 24.1 Å². The number of aryl methyl sites for hydroxylation is 1. The average Bonchev–Trinajstić information content (AvgIpc) is 2.40. The maximum atomic E-state index is 13.2. The summed E-state index contributed by atoms with van der Waals surface area (Å²) in [6.45, 7) is 1.87. The van der Waals surface area contributed by atoms with Crippen molar-refractivity contribution in [3.05, 3.63) is 59.4 Å². The lowest BCUT2D eigenvalue weighted by molar-refractivity contribution is 0.0993. The highest BCUT2D eigenvalue weighted by molar-refractivity contribution is 6.06. The molecule has 2 rings (SSSR count). The van der Waals surface area contributed by atoms with Crippen LogP contribution in [0.1, 0.15) is 15.9 Å². The zero-order valence-electron chi connectivity index (χ0n) is 11.3. The molecule has 0 fully saturated rings. The molecule has 0 aliphatic heterocycles. The minimum atomic E-state index is -0.374. The lowest BCUT2D eigenvalue weighted by Crippen LogP contribution is -2.26. The van der Waals surface area contributed by atoms with E-state index in [0.717, 1.165) is 5.56 Å². The highest BCUT2D eigenvalue weighted by atomic mass is 35.5. The van der Waals surface area contributed by atoms with Crippen molar-refractivity contribution in [2.24, 2.45) is 0 Å². The summed E-state index contributed by atoms with van der Waals surface area (Å²) in [5.41, 5.74) is 8.27. The topological polar surface area (TPSA) is 46.3 Å². The number of halogens is 2. The Morgan fingerprint density at radius 1 is 1.20 bits per heavy atom. The van der Waals surface area contributed by atoms with Crippen LogP contribution in [0.2, 0.25) is 0 Å². The fraction of sp³-hybridized carbons (Fsp3) is 0.133. The van der Waals surface area contributed by atoms with Crippen LogP contribution in [-0.4, -0.2) is 13.0 Å². The Bertz CT molecular complexity index is 631. The van der Waals surface area contributed by atoms with Crippen LogP contribution in [0.15, 0.2) is 42.5 Å². The van der Waals surface area contributed by atoms with Crippen LogP contribution in [-0.2, 0) is 0 Å². The summed E-state index contributed by atoms with van der Waals surface area (Å²) in [5, 5.41) is 0. The van der Waals surface area contributed by atoms with E-state index in [1.54, 1.807) is 37.4 Å². The van der Waals surface area contributed by atoms with Gasteiger partial charge in [0.05, 0.1) is 0 Å². The molecule has 3 nitrogen and oxygen atoms in total. The van der Waals surface area contributed by atoms with Crippen molar-refractivity contribution in [1.29, 1.82) is 0 Å². The minimum absolute atomic E-state index is 0. The summed E-state index contributed by atoms with van der Waals surface area (Å²) in [6.07, 6.45) is 0. The van der Waals surface area contributed by atoms with E-state index < -0.39 is 0 Å². The molecule has 0 aromatic heterocycles. The average molecular weight is 295 g/mol. The number of benzene rings is 2. The van der Waals surface area contributed by atoms with Crippen LogP contribution in [0.25, 0.3) is 0 Å². The lowest BCUT2D eigenvalue weighted by Gasteiger charge is -2.18. The number of nitrogen functional groups attached to an aromatic ring is 1. The predicted octanol–water partition coefficient (Wildman–Crippen LogP) is 3.41. The van der Waals surface area contributed by atoms with Crippen LogP contribution >= 0.6 is 12.4 Å². The van der Waals surface area contributed by atoms with Crippen molar-refractivity contribution < 1.29 is 9.18 Å². The second-order valence-corrected chi connectivity index (χ2v) is 4.42. The van der Waals surface area contributed by atoms with E-state index in [2.05, 4.69) is 0 Å². The Morgan fingerprint density at radius 3 is 2.50 bits per heavy atom. The smallest absolute Gasteiger partial charge is 0.258 e. The zero-order chi connectivity index (χ0) is 14.0. The molecule has 0 saturated carbocycles. The number of anilines is 2. The molecule has 0 unspecified atom stereocenters. The van der Waals surface area contributed by atoms with Crippen molar-refractivity contribution in [3.63, 3.8) is 0 Å². The molecule has 1 amide bonds. The number of rotatable bonds is 2. The molecule has 0 atom stereocenters. The Balaban J connectivity index is 0.00000200. The highest BCUT2D eigenvalue weighted by Gasteiger charge is 2.14. The summed E-state index contributed by atoms with van der Waals surface area (Å²) in [5.74, 6) is -0.599. The number of hydrogen-bond acceptors (Lipinski definition) is 2. The molecule has 2 aromatic rings. The van der Waals surface area contributed by atoms with E-state index >= 15 is 0 Å². The molecule has 20 heavy (non-hydrogen) atoms. The quantitative estimate of drug-likeness (QED) is 0.863. The van der Waals surface area contributed by atoms with Gasteiger partial charge in [-0.15, -0.1) is 12.4 Å². The number of nitrogens with zero attached hydrogens (tertiary/aromatic N) is 1. The van der Waals surface area contributed by atoms with Crippen LogP contribution in [0, 0.1) is 12.7 Å². The van der Waals surface area contributed by atoms with Crippen LogP contribution < -0.4 is 10.6 Å². The lowest BCUT2D eigenvalue weighted by atomic mass is 10.1. The molecule has 0 saturated heterocycles. The van der Waals surface area contributed by atoms with Crippen LogP contribution in [0.5, 0.6) is 0 Å². The minimum Gasteiger partial charge on any atom is -0.398 e. The zero-order valence-corrected chi connectivity index (χ0v) is 12.1. The summed E-state index contributed by atoms with van der Waals surface area (Å²) >= 11 is 0. The van der Waals surface area contributed by atoms with Gasteiger partial charge in [-0.25, -0.2) is 4.39 Å². The number of carbonyl (C=O) groups is 1. The molecule has 106 valence electrons. The van der Waals surface area contributed by atoms with Gasteiger partial charge in [-0.05, 0) is 42.8 Å². The summed E-state index contributed by atoms with van der Waals surface area (Å²) in [7, 11) is 1.60. The maximum Gasteiger partial charge on any atom is 0.258 e. The fourth-order valence-electron chi connectivity index (χ4n) is 1.77. The van der Waals surface area contributed by atoms with E-state index in [1.807, 2.05) is 6.92 Å². The standard InChI is InChI=1S/C15H15FN2O.ClH/c1-10-6-7-11(8-14(10)17)15(19)18(2)13-5-3-4-12(16)9-13;/h3-9H,17H2,1-2H3;1H.